The molecule has 130 valence electrons. The molecule has 2 aromatic carbocycles. The van der Waals surface area contributed by atoms with Gasteiger partial charge in [0.25, 0.3) is 5.91 Å². The van der Waals surface area contributed by atoms with Gasteiger partial charge in [0.2, 0.25) is 0 Å². The van der Waals surface area contributed by atoms with E-state index in [1.165, 1.54) is 7.11 Å². The molecule has 2 aromatic rings. The van der Waals surface area contributed by atoms with Gasteiger partial charge in [0.05, 0.1) is 24.8 Å². The smallest absolute Gasteiger partial charge is 0.258 e. The molecule has 0 radical (unpaired) electrons. The van der Waals surface area contributed by atoms with Crippen LogP contribution in [0, 0.1) is 0 Å². The molecular weight excluding hydrogens is 340 g/mol. The van der Waals surface area contributed by atoms with Gasteiger partial charge in [0, 0.05) is 17.8 Å². The zero-order chi connectivity index (χ0) is 18.0. The molecule has 0 fully saturated rings. The van der Waals surface area contributed by atoms with Crippen LogP contribution in [0.4, 0.5) is 5.69 Å². The van der Waals surface area contributed by atoms with Crippen LogP contribution in [0.25, 0.3) is 0 Å². The van der Waals surface area contributed by atoms with Gasteiger partial charge >= 0.3 is 0 Å². The van der Waals surface area contributed by atoms with Crippen LogP contribution in [-0.4, -0.2) is 31.6 Å². The number of para-hydroxylation sites is 1. The molecule has 0 aliphatic carbocycles. The first kappa shape index (κ1) is 17.2. The summed E-state index contributed by atoms with van der Waals surface area (Å²) in [7, 11) is 3.08. The number of ether oxygens (including phenoxy) is 2. The van der Waals surface area contributed by atoms with Crippen LogP contribution in [-0.2, 0) is 0 Å². The minimum atomic E-state index is -0.391. The number of fused-ring (bicyclic) bond motifs is 1. The molecule has 0 saturated carbocycles. The van der Waals surface area contributed by atoms with Crippen molar-refractivity contribution in [3.8, 4) is 11.5 Å². The summed E-state index contributed by atoms with van der Waals surface area (Å²) in [6.07, 6.45) is 1.31. The standard InChI is InChI=1S/C19H19ClN2O3/c1-4-9-22-18(21-15-8-6-5-7-13(15)19(22)23)12-10-14(20)17(25-3)16(11-12)24-2/h4-8,10-11,18,21H,1,9H2,2-3H3. The highest BCUT2D eigenvalue weighted by molar-refractivity contribution is 6.32. The van der Waals surface area contributed by atoms with Crippen molar-refractivity contribution in [2.75, 3.05) is 26.1 Å². The lowest BCUT2D eigenvalue weighted by Crippen LogP contribution is -2.43. The van der Waals surface area contributed by atoms with Gasteiger partial charge < -0.3 is 19.7 Å². The quantitative estimate of drug-likeness (QED) is 0.817. The molecule has 0 spiro atoms. The number of amides is 1. The number of hydrogen-bond acceptors (Lipinski definition) is 4. The Labute approximate surface area is 151 Å². The third-order valence-corrected chi connectivity index (χ3v) is 4.40. The fraction of sp³-hybridized carbons (Fsp3) is 0.211. The van der Waals surface area contributed by atoms with Gasteiger partial charge in [-0.25, -0.2) is 0 Å². The summed E-state index contributed by atoms with van der Waals surface area (Å²) >= 11 is 6.34. The molecule has 6 heteroatoms. The van der Waals surface area contributed by atoms with E-state index in [2.05, 4.69) is 11.9 Å². The number of nitrogens with one attached hydrogen (secondary N) is 1. The average Bonchev–Trinajstić information content (AvgIpc) is 2.63. The lowest BCUT2D eigenvalue weighted by Gasteiger charge is -2.37. The normalized spacial score (nSPS) is 16.0. The summed E-state index contributed by atoms with van der Waals surface area (Å²) in [6, 6.07) is 11.0. The second-order valence-corrected chi connectivity index (χ2v) is 5.98. The molecule has 1 N–H and O–H groups in total. The van der Waals surface area contributed by atoms with Crippen LogP contribution < -0.4 is 14.8 Å². The van der Waals surface area contributed by atoms with Crippen molar-refractivity contribution in [2.45, 2.75) is 6.17 Å². The Morgan fingerprint density at radius 2 is 2.04 bits per heavy atom. The molecular formula is C19H19ClN2O3. The molecule has 0 bridgehead atoms. The number of rotatable bonds is 5. The van der Waals surface area contributed by atoms with E-state index in [0.717, 1.165) is 11.3 Å². The van der Waals surface area contributed by atoms with E-state index in [1.54, 1.807) is 30.2 Å². The summed E-state index contributed by atoms with van der Waals surface area (Å²) in [5, 5.41) is 3.82. The number of halogens is 1. The lowest BCUT2D eigenvalue weighted by molar-refractivity contribution is 0.0707. The summed E-state index contributed by atoms with van der Waals surface area (Å²) < 4.78 is 10.7. The highest BCUT2D eigenvalue weighted by atomic mass is 35.5. The monoisotopic (exact) mass is 358 g/mol. The predicted molar refractivity (Wildman–Crippen MR) is 98.6 cm³/mol. The van der Waals surface area contributed by atoms with Crippen LogP contribution in [0.5, 0.6) is 11.5 Å². The van der Waals surface area contributed by atoms with Crippen molar-refractivity contribution in [3.63, 3.8) is 0 Å². The molecule has 1 aliphatic heterocycles. The van der Waals surface area contributed by atoms with Crippen molar-refractivity contribution >= 4 is 23.2 Å². The number of methoxy groups -OCH3 is 2. The van der Waals surface area contributed by atoms with Gasteiger partial charge in [-0.3, -0.25) is 4.79 Å². The fourth-order valence-electron chi connectivity index (χ4n) is 2.98. The van der Waals surface area contributed by atoms with Gasteiger partial charge in [-0.15, -0.1) is 6.58 Å². The van der Waals surface area contributed by atoms with Gasteiger partial charge in [-0.1, -0.05) is 29.8 Å². The number of anilines is 1. The number of benzene rings is 2. The molecule has 25 heavy (non-hydrogen) atoms. The van der Waals surface area contributed by atoms with Crippen LogP contribution in [0.1, 0.15) is 22.1 Å². The Morgan fingerprint density at radius 1 is 1.28 bits per heavy atom. The van der Waals surface area contributed by atoms with Crippen molar-refractivity contribution in [1.82, 2.24) is 4.90 Å². The van der Waals surface area contributed by atoms with Crippen LogP contribution in [0.3, 0.4) is 0 Å². The molecule has 1 unspecified atom stereocenters. The van der Waals surface area contributed by atoms with Crippen molar-refractivity contribution in [1.29, 1.82) is 0 Å². The second-order valence-electron chi connectivity index (χ2n) is 5.58. The summed E-state index contributed by atoms with van der Waals surface area (Å²) in [4.78, 5) is 14.6. The number of nitrogens with zero attached hydrogens (tertiary/aromatic N) is 1. The highest BCUT2D eigenvalue weighted by Crippen LogP contribution is 2.40. The first-order valence-corrected chi connectivity index (χ1v) is 8.17. The Morgan fingerprint density at radius 3 is 2.72 bits per heavy atom. The van der Waals surface area contributed by atoms with E-state index in [4.69, 9.17) is 21.1 Å². The Hall–Kier alpha value is -2.66. The van der Waals surface area contributed by atoms with E-state index in [0.29, 0.717) is 28.6 Å². The SMILES string of the molecule is C=CCN1C(=O)c2ccccc2NC1c1cc(Cl)c(OC)c(OC)c1. The fourth-order valence-corrected chi connectivity index (χ4v) is 3.28. The molecule has 5 nitrogen and oxygen atoms in total. The molecule has 0 aromatic heterocycles. The van der Waals surface area contributed by atoms with Crippen molar-refractivity contribution < 1.29 is 14.3 Å². The highest BCUT2D eigenvalue weighted by Gasteiger charge is 2.32. The molecule has 0 saturated heterocycles. The van der Waals surface area contributed by atoms with E-state index in [-0.39, 0.29) is 5.91 Å². The molecule has 1 atom stereocenters. The Kier molecular flexibility index (Phi) is 4.86. The third-order valence-electron chi connectivity index (χ3n) is 4.12. The zero-order valence-corrected chi connectivity index (χ0v) is 14.8. The summed E-state index contributed by atoms with van der Waals surface area (Å²) in [5.74, 6) is 0.910. The number of carbonyl (C=O) groups excluding carboxylic acids is 1. The topological polar surface area (TPSA) is 50.8 Å². The van der Waals surface area contributed by atoms with Crippen LogP contribution in [0.15, 0.2) is 49.1 Å². The minimum absolute atomic E-state index is 0.0647. The molecule has 1 aliphatic rings. The Balaban J connectivity index is 2.10. The van der Waals surface area contributed by atoms with Gasteiger partial charge in [0.15, 0.2) is 11.5 Å². The molecule has 1 amide bonds. The lowest BCUT2D eigenvalue weighted by atomic mass is 10.0. The zero-order valence-electron chi connectivity index (χ0n) is 14.1. The van der Waals surface area contributed by atoms with E-state index in [9.17, 15) is 4.79 Å². The maximum Gasteiger partial charge on any atom is 0.258 e. The molecule has 3 rings (SSSR count). The first-order valence-electron chi connectivity index (χ1n) is 7.79. The van der Waals surface area contributed by atoms with Crippen molar-refractivity contribution in [2.24, 2.45) is 0 Å². The predicted octanol–water partition coefficient (Wildman–Crippen LogP) is 4.11. The van der Waals surface area contributed by atoms with E-state index in [1.807, 2.05) is 24.3 Å². The molecule has 1 heterocycles. The van der Waals surface area contributed by atoms with Gasteiger partial charge in [-0.05, 0) is 24.3 Å². The second kappa shape index (κ2) is 7.07. The largest absolute Gasteiger partial charge is 0.493 e. The first-order chi connectivity index (χ1) is 12.1. The van der Waals surface area contributed by atoms with Crippen LogP contribution in [0.2, 0.25) is 5.02 Å². The van der Waals surface area contributed by atoms with Crippen molar-refractivity contribution in [3.05, 3.63) is 65.2 Å². The number of hydrogen-bond donors (Lipinski definition) is 1. The van der Waals surface area contributed by atoms with E-state index < -0.39 is 6.17 Å². The van der Waals surface area contributed by atoms with Gasteiger partial charge in [0.1, 0.15) is 6.17 Å². The third kappa shape index (κ3) is 3.03. The maximum absolute atomic E-state index is 12.9. The van der Waals surface area contributed by atoms with E-state index >= 15 is 0 Å². The Bertz CT molecular complexity index is 822. The maximum atomic E-state index is 12.9. The summed E-state index contributed by atoms with van der Waals surface area (Å²) in [5.41, 5.74) is 2.21. The average molecular weight is 359 g/mol. The minimum Gasteiger partial charge on any atom is -0.493 e. The summed E-state index contributed by atoms with van der Waals surface area (Å²) in [6.45, 7) is 4.16. The number of carbonyl (C=O) groups is 1. The van der Waals surface area contributed by atoms with Crippen LogP contribution >= 0.6 is 11.6 Å². The van der Waals surface area contributed by atoms with Gasteiger partial charge in [-0.2, -0.15) is 0 Å².